The normalized spacial score (nSPS) is 13.6. The SMILES string of the molecule is COc1cc2nc(C)nc(N[C@@H](C)c3ccc(-c4ccc5c(c4)OCCO5)s3)c2cc1OC. The van der Waals surface area contributed by atoms with E-state index in [0.717, 1.165) is 33.8 Å². The van der Waals surface area contributed by atoms with Gasteiger partial charge in [-0.25, -0.2) is 9.97 Å². The zero-order valence-corrected chi connectivity index (χ0v) is 19.8. The van der Waals surface area contributed by atoms with Crippen LogP contribution in [0.1, 0.15) is 23.7 Å². The van der Waals surface area contributed by atoms with Crippen LogP contribution in [0, 0.1) is 6.92 Å². The molecule has 0 amide bonds. The second kappa shape index (κ2) is 8.78. The van der Waals surface area contributed by atoms with E-state index in [1.165, 1.54) is 9.75 Å². The van der Waals surface area contributed by atoms with Crippen molar-refractivity contribution in [2.45, 2.75) is 19.9 Å². The van der Waals surface area contributed by atoms with Crippen molar-refractivity contribution < 1.29 is 18.9 Å². The summed E-state index contributed by atoms with van der Waals surface area (Å²) in [4.78, 5) is 11.6. The largest absolute Gasteiger partial charge is 0.493 e. The molecule has 3 heterocycles. The topological polar surface area (TPSA) is 74.7 Å². The van der Waals surface area contributed by atoms with Crippen LogP contribution in [0.25, 0.3) is 21.3 Å². The predicted octanol–water partition coefficient (Wildman–Crippen LogP) is 5.63. The van der Waals surface area contributed by atoms with Crippen LogP contribution >= 0.6 is 11.3 Å². The number of nitrogens with zero attached hydrogens (tertiary/aromatic N) is 2. The number of aryl methyl sites for hydroxylation is 1. The summed E-state index contributed by atoms with van der Waals surface area (Å²) in [6.07, 6.45) is 0. The van der Waals surface area contributed by atoms with Gasteiger partial charge in [-0.15, -0.1) is 11.3 Å². The van der Waals surface area contributed by atoms with E-state index in [-0.39, 0.29) is 6.04 Å². The van der Waals surface area contributed by atoms with Crippen molar-refractivity contribution >= 4 is 28.1 Å². The van der Waals surface area contributed by atoms with Crippen molar-refractivity contribution in [2.24, 2.45) is 0 Å². The van der Waals surface area contributed by atoms with Gasteiger partial charge in [0.1, 0.15) is 24.9 Å². The van der Waals surface area contributed by atoms with Crippen LogP contribution in [0.2, 0.25) is 0 Å². The van der Waals surface area contributed by atoms with E-state index in [9.17, 15) is 0 Å². The fourth-order valence-electron chi connectivity index (χ4n) is 3.90. The molecule has 4 aromatic rings. The van der Waals surface area contributed by atoms with Gasteiger partial charge in [0, 0.05) is 21.2 Å². The summed E-state index contributed by atoms with van der Waals surface area (Å²) in [5.41, 5.74) is 1.92. The van der Waals surface area contributed by atoms with Crippen LogP contribution in [0.3, 0.4) is 0 Å². The fourth-order valence-corrected chi connectivity index (χ4v) is 4.90. The average molecular weight is 464 g/mol. The number of anilines is 1. The standard InChI is InChI=1S/C25H25N3O4S/c1-14(23-7-8-24(33-23)16-5-6-19-22(11-16)32-10-9-31-19)26-25-17-12-20(29-3)21(30-4)13-18(17)27-15(2)28-25/h5-8,11-14H,9-10H2,1-4H3,(H,26,27,28)/t14-/m0/s1. The highest BCUT2D eigenvalue weighted by Gasteiger charge is 2.17. The summed E-state index contributed by atoms with van der Waals surface area (Å²) in [6.45, 7) is 5.19. The molecule has 1 aliphatic rings. The first kappa shape index (κ1) is 21.3. The molecule has 0 unspecified atom stereocenters. The van der Waals surface area contributed by atoms with Crippen molar-refractivity contribution in [3.63, 3.8) is 0 Å². The first-order valence-electron chi connectivity index (χ1n) is 10.7. The Morgan fingerprint density at radius 1 is 0.939 bits per heavy atom. The lowest BCUT2D eigenvalue weighted by Crippen LogP contribution is -2.15. The van der Waals surface area contributed by atoms with E-state index >= 15 is 0 Å². The third-order valence-corrected chi connectivity index (χ3v) is 6.86. The van der Waals surface area contributed by atoms with Crippen molar-refractivity contribution in [3.8, 4) is 33.4 Å². The van der Waals surface area contributed by atoms with Gasteiger partial charge in [0.25, 0.3) is 0 Å². The molecule has 1 atom stereocenters. The first-order chi connectivity index (χ1) is 16.1. The summed E-state index contributed by atoms with van der Waals surface area (Å²) in [6, 6.07) is 14.2. The highest BCUT2D eigenvalue weighted by molar-refractivity contribution is 7.15. The van der Waals surface area contributed by atoms with Crippen LogP contribution in [0.5, 0.6) is 23.0 Å². The van der Waals surface area contributed by atoms with E-state index in [4.69, 9.17) is 18.9 Å². The second-order valence-electron chi connectivity index (χ2n) is 7.77. The molecule has 0 saturated heterocycles. The third kappa shape index (κ3) is 4.14. The van der Waals surface area contributed by atoms with E-state index in [1.807, 2.05) is 31.2 Å². The van der Waals surface area contributed by atoms with Crippen LogP contribution < -0.4 is 24.3 Å². The van der Waals surface area contributed by atoms with Crippen LogP contribution in [0.15, 0.2) is 42.5 Å². The maximum atomic E-state index is 5.74. The molecule has 2 aromatic carbocycles. The van der Waals surface area contributed by atoms with Crippen LogP contribution in [-0.4, -0.2) is 37.4 Å². The molecule has 0 saturated carbocycles. The van der Waals surface area contributed by atoms with Gasteiger partial charge in [0.15, 0.2) is 23.0 Å². The number of hydrogen-bond donors (Lipinski definition) is 1. The number of thiophene rings is 1. The summed E-state index contributed by atoms with van der Waals surface area (Å²) < 4.78 is 22.3. The van der Waals surface area contributed by atoms with Gasteiger partial charge in [-0.05, 0) is 55.8 Å². The molecule has 0 aliphatic carbocycles. The van der Waals surface area contributed by atoms with Gasteiger partial charge in [-0.2, -0.15) is 0 Å². The number of fused-ring (bicyclic) bond motifs is 2. The highest BCUT2D eigenvalue weighted by atomic mass is 32.1. The Morgan fingerprint density at radius 2 is 1.70 bits per heavy atom. The minimum Gasteiger partial charge on any atom is -0.493 e. The smallest absolute Gasteiger partial charge is 0.162 e. The molecule has 170 valence electrons. The van der Waals surface area contributed by atoms with E-state index in [0.29, 0.717) is 30.5 Å². The lowest BCUT2D eigenvalue weighted by atomic mass is 10.1. The third-order valence-electron chi connectivity index (χ3n) is 5.55. The molecular formula is C25H25N3O4S. The van der Waals surface area contributed by atoms with Gasteiger partial charge in [-0.3, -0.25) is 0 Å². The molecule has 8 heteroatoms. The van der Waals surface area contributed by atoms with Crippen molar-refractivity contribution in [1.82, 2.24) is 9.97 Å². The Kier molecular flexibility index (Phi) is 5.68. The molecule has 0 spiro atoms. The maximum Gasteiger partial charge on any atom is 0.162 e. The van der Waals surface area contributed by atoms with Crippen molar-refractivity contribution in [1.29, 1.82) is 0 Å². The summed E-state index contributed by atoms with van der Waals surface area (Å²) in [5, 5.41) is 4.45. The van der Waals surface area contributed by atoms with E-state index < -0.39 is 0 Å². The highest BCUT2D eigenvalue weighted by Crippen LogP contribution is 2.39. The van der Waals surface area contributed by atoms with Gasteiger partial charge in [0.2, 0.25) is 0 Å². The minimum atomic E-state index is 0.0477. The number of benzene rings is 2. The Hall–Kier alpha value is -3.52. The Bertz CT molecular complexity index is 1320. The molecule has 33 heavy (non-hydrogen) atoms. The van der Waals surface area contributed by atoms with Gasteiger partial charge in [0.05, 0.1) is 25.8 Å². The predicted molar refractivity (Wildman–Crippen MR) is 130 cm³/mol. The Balaban J connectivity index is 1.43. The molecule has 7 nitrogen and oxygen atoms in total. The molecule has 1 N–H and O–H groups in total. The number of nitrogens with one attached hydrogen (secondary N) is 1. The number of aromatic nitrogens is 2. The maximum absolute atomic E-state index is 5.74. The molecule has 5 rings (SSSR count). The molecule has 0 bridgehead atoms. The zero-order valence-electron chi connectivity index (χ0n) is 19.0. The van der Waals surface area contributed by atoms with Crippen molar-refractivity contribution in [2.75, 3.05) is 32.8 Å². The molecule has 2 aromatic heterocycles. The van der Waals surface area contributed by atoms with Crippen LogP contribution in [0.4, 0.5) is 5.82 Å². The van der Waals surface area contributed by atoms with Crippen LogP contribution in [-0.2, 0) is 0 Å². The minimum absolute atomic E-state index is 0.0477. The summed E-state index contributed by atoms with van der Waals surface area (Å²) in [7, 11) is 3.24. The molecule has 0 fully saturated rings. The quantitative estimate of drug-likeness (QED) is 0.397. The Labute approximate surface area is 196 Å². The van der Waals surface area contributed by atoms with E-state index in [2.05, 4.69) is 40.4 Å². The second-order valence-corrected chi connectivity index (χ2v) is 8.89. The molecule has 1 aliphatic heterocycles. The monoisotopic (exact) mass is 463 g/mol. The fraction of sp³-hybridized carbons (Fsp3) is 0.280. The number of rotatable bonds is 6. The van der Waals surface area contributed by atoms with Gasteiger partial charge in [-0.1, -0.05) is 0 Å². The number of methoxy groups -OCH3 is 2. The summed E-state index contributed by atoms with van der Waals surface area (Å²) >= 11 is 1.74. The van der Waals surface area contributed by atoms with Gasteiger partial charge >= 0.3 is 0 Å². The van der Waals surface area contributed by atoms with E-state index in [1.54, 1.807) is 25.6 Å². The average Bonchev–Trinajstić information content (AvgIpc) is 3.33. The number of hydrogen-bond acceptors (Lipinski definition) is 8. The molecular weight excluding hydrogens is 438 g/mol. The van der Waals surface area contributed by atoms with Crippen molar-refractivity contribution in [3.05, 3.63) is 53.2 Å². The van der Waals surface area contributed by atoms with Gasteiger partial charge < -0.3 is 24.3 Å². The lowest BCUT2D eigenvalue weighted by Gasteiger charge is -2.18. The first-order valence-corrected chi connectivity index (χ1v) is 11.5. The Morgan fingerprint density at radius 3 is 2.48 bits per heavy atom. The lowest BCUT2D eigenvalue weighted by molar-refractivity contribution is 0.171. The summed E-state index contributed by atoms with van der Waals surface area (Å²) in [5.74, 6) is 4.34. The zero-order chi connectivity index (χ0) is 22.9. The number of ether oxygens (including phenoxy) is 4. The molecule has 0 radical (unpaired) electrons.